The molecule has 0 spiro atoms. The Morgan fingerprint density at radius 3 is 2.71 bits per heavy atom. The zero-order chi connectivity index (χ0) is 14.8. The fourth-order valence-electron chi connectivity index (χ4n) is 2.15. The minimum Gasteiger partial charge on any atom is -0.451 e. The Balaban J connectivity index is 1.95. The second kappa shape index (κ2) is 5.14. The van der Waals surface area contributed by atoms with E-state index in [0.29, 0.717) is 16.8 Å². The molecular formula is C17H12N2O2. The van der Waals surface area contributed by atoms with Gasteiger partial charge in [-0.2, -0.15) is 5.26 Å². The zero-order valence-electron chi connectivity index (χ0n) is 11.4. The predicted octanol–water partition coefficient (Wildman–Crippen LogP) is 3.58. The molecule has 0 fully saturated rings. The number of fused-ring (bicyclic) bond motifs is 1. The first-order valence-electron chi connectivity index (χ1n) is 6.46. The number of hydrogen-bond acceptors (Lipinski definition) is 3. The van der Waals surface area contributed by atoms with Gasteiger partial charge in [0.15, 0.2) is 5.76 Å². The summed E-state index contributed by atoms with van der Waals surface area (Å²) in [5.74, 6) is 0.0300. The predicted molar refractivity (Wildman–Crippen MR) is 80.1 cm³/mol. The van der Waals surface area contributed by atoms with Crippen LogP contribution in [0.5, 0.6) is 0 Å². The maximum absolute atomic E-state index is 12.5. The van der Waals surface area contributed by atoms with E-state index in [1.165, 1.54) is 4.90 Å². The highest BCUT2D eigenvalue weighted by molar-refractivity contribution is 6.06. The van der Waals surface area contributed by atoms with E-state index in [1.807, 2.05) is 24.3 Å². The Kier molecular flexibility index (Phi) is 3.17. The van der Waals surface area contributed by atoms with Gasteiger partial charge in [0.25, 0.3) is 5.91 Å². The molecule has 0 aliphatic rings. The van der Waals surface area contributed by atoms with Gasteiger partial charge in [0.1, 0.15) is 5.58 Å². The second-order valence-corrected chi connectivity index (χ2v) is 4.67. The lowest BCUT2D eigenvalue weighted by molar-refractivity contribution is 0.0968. The molecule has 4 nitrogen and oxygen atoms in total. The number of carbonyl (C=O) groups excluding carboxylic acids is 1. The molecular weight excluding hydrogens is 264 g/mol. The van der Waals surface area contributed by atoms with Gasteiger partial charge in [-0.25, -0.2) is 0 Å². The second-order valence-electron chi connectivity index (χ2n) is 4.67. The monoisotopic (exact) mass is 276 g/mol. The Hall–Kier alpha value is -3.06. The number of rotatable bonds is 2. The van der Waals surface area contributed by atoms with E-state index in [-0.39, 0.29) is 11.7 Å². The third-order valence-electron chi connectivity index (χ3n) is 3.30. The molecule has 0 unspecified atom stereocenters. The molecule has 0 aliphatic carbocycles. The van der Waals surface area contributed by atoms with Crippen LogP contribution >= 0.6 is 0 Å². The van der Waals surface area contributed by atoms with E-state index in [4.69, 9.17) is 9.68 Å². The molecule has 1 aromatic heterocycles. The van der Waals surface area contributed by atoms with Crippen molar-refractivity contribution in [1.29, 1.82) is 5.26 Å². The number of amides is 1. The molecule has 0 saturated carbocycles. The first kappa shape index (κ1) is 12.9. The van der Waals surface area contributed by atoms with Crippen LogP contribution < -0.4 is 4.90 Å². The van der Waals surface area contributed by atoms with Gasteiger partial charge in [-0.3, -0.25) is 4.79 Å². The Morgan fingerprint density at radius 2 is 1.95 bits per heavy atom. The summed E-state index contributed by atoms with van der Waals surface area (Å²) >= 11 is 0. The molecule has 0 N–H and O–H groups in total. The van der Waals surface area contributed by atoms with E-state index < -0.39 is 0 Å². The fraction of sp³-hybridized carbons (Fsp3) is 0.0588. The van der Waals surface area contributed by atoms with Crippen molar-refractivity contribution in [3.8, 4) is 6.07 Å². The molecule has 0 bridgehead atoms. The quantitative estimate of drug-likeness (QED) is 0.718. The molecule has 3 rings (SSSR count). The molecule has 102 valence electrons. The van der Waals surface area contributed by atoms with E-state index in [0.717, 1.165) is 5.39 Å². The summed E-state index contributed by atoms with van der Waals surface area (Å²) < 4.78 is 5.57. The van der Waals surface area contributed by atoms with Crippen LogP contribution in [0.15, 0.2) is 59.0 Å². The van der Waals surface area contributed by atoms with E-state index in [1.54, 1.807) is 37.4 Å². The highest BCUT2D eigenvalue weighted by atomic mass is 16.3. The van der Waals surface area contributed by atoms with Crippen LogP contribution in [0.1, 0.15) is 16.1 Å². The lowest BCUT2D eigenvalue weighted by atomic mass is 10.2. The first-order chi connectivity index (χ1) is 10.2. The van der Waals surface area contributed by atoms with Crippen LogP contribution in [0.2, 0.25) is 0 Å². The van der Waals surface area contributed by atoms with Crippen LogP contribution in [0.3, 0.4) is 0 Å². The third kappa shape index (κ3) is 2.37. The van der Waals surface area contributed by atoms with Gasteiger partial charge in [0.2, 0.25) is 0 Å². The van der Waals surface area contributed by atoms with Crippen molar-refractivity contribution in [3.63, 3.8) is 0 Å². The van der Waals surface area contributed by atoms with Crippen LogP contribution in [-0.4, -0.2) is 13.0 Å². The highest BCUT2D eigenvalue weighted by Crippen LogP contribution is 2.22. The number of nitrogens with zero attached hydrogens (tertiary/aromatic N) is 2. The van der Waals surface area contributed by atoms with Crippen LogP contribution in [0.25, 0.3) is 11.0 Å². The van der Waals surface area contributed by atoms with E-state index in [2.05, 4.69) is 6.07 Å². The Morgan fingerprint density at radius 1 is 1.14 bits per heavy atom. The van der Waals surface area contributed by atoms with E-state index in [9.17, 15) is 4.79 Å². The number of anilines is 1. The SMILES string of the molecule is CN(C(=O)c1cc2ccccc2o1)c1cccc(C#N)c1. The summed E-state index contributed by atoms with van der Waals surface area (Å²) in [6.45, 7) is 0. The van der Waals surface area contributed by atoms with Gasteiger partial charge in [-0.1, -0.05) is 24.3 Å². The average molecular weight is 276 g/mol. The summed E-state index contributed by atoms with van der Waals surface area (Å²) in [5, 5.41) is 9.81. The molecule has 1 heterocycles. The Bertz CT molecular complexity index is 825. The largest absolute Gasteiger partial charge is 0.451 e. The topological polar surface area (TPSA) is 57.2 Å². The molecule has 21 heavy (non-hydrogen) atoms. The van der Waals surface area contributed by atoms with Crippen molar-refractivity contribution < 1.29 is 9.21 Å². The lowest BCUT2D eigenvalue weighted by Crippen LogP contribution is -2.25. The van der Waals surface area contributed by atoms with Crippen LogP contribution in [0, 0.1) is 11.3 Å². The first-order valence-corrected chi connectivity index (χ1v) is 6.46. The van der Waals surface area contributed by atoms with Crippen molar-refractivity contribution in [2.75, 3.05) is 11.9 Å². The zero-order valence-corrected chi connectivity index (χ0v) is 11.4. The number of para-hydroxylation sites is 1. The molecule has 0 radical (unpaired) electrons. The van der Waals surface area contributed by atoms with Gasteiger partial charge >= 0.3 is 0 Å². The summed E-state index contributed by atoms with van der Waals surface area (Å²) in [6.07, 6.45) is 0. The lowest BCUT2D eigenvalue weighted by Gasteiger charge is -2.15. The van der Waals surface area contributed by atoms with Crippen LogP contribution in [-0.2, 0) is 0 Å². The maximum Gasteiger partial charge on any atom is 0.293 e. The van der Waals surface area contributed by atoms with E-state index >= 15 is 0 Å². The minimum atomic E-state index is -0.249. The number of nitriles is 1. The van der Waals surface area contributed by atoms with Gasteiger partial charge in [0.05, 0.1) is 11.6 Å². The van der Waals surface area contributed by atoms with Crippen molar-refractivity contribution in [1.82, 2.24) is 0 Å². The Labute approximate surface area is 121 Å². The number of hydrogen-bond donors (Lipinski definition) is 0. The van der Waals surface area contributed by atoms with Gasteiger partial charge in [-0.15, -0.1) is 0 Å². The summed E-state index contributed by atoms with van der Waals surface area (Å²) in [5.41, 5.74) is 1.84. The normalized spacial score (nSPS) is 10.3. The third-order valence-corrected chi connectivity index (χ3v) is 3.30. The summed E-state index contributed by atoms with van der Waals surface area (Å²) in [7, 11) is 1.66. The standard InChI is InChI=1S/C17H12N2O2/c1-19(14-7-4-5-12(9-14)11-18)17(20)16-10-13-6-2-3-8-15(13)21-16/h2-10H,1H3. The summed E-state index contributed by atoms with van der Waals surface area (Å²) in [4.78, 5) is 13.9. The summed E-state index contributed by atoms with van der Waals surface area (Å²) in [6, 6.07) is 18.1. The molecule has 0 aliphatic heterocycles. The molecule has 0 saturated heterocycles. The van der Waals surface area contributed by atoms with Crippen molar-refractivity contribution >= 4 is 22.6 Å². The van der Waals surface area contributed by atoms with Crippen molar-refractivity contribution in [2.24, 2.45) is 0 Å². The highest BCUT2D eigenvalue weighted by Gasteiger charge is 2.18. The van der Waals surface area contributed by atoms with Crippen LogP contribution in [0.4, 0.5) is 5.69 Å². The average Bonchev–Trinajstić information content (AvgIpc) is 2.97. The molecule has 0 atom stereocenters. The molecule has 3 aromatic rings. The van der Waals surface area contributed by atoms with Gasteiger partial charge in [-0.05, 0) is 30.3 Å². The maximum atomic E-state index is 12.5. The fourth-order valence-corrected chi connectivity index (χ4v) is 2.15. The number of furan rings is 1. The van der Waals surface area contributed by atoms with Gasteiger partial charge < -0.3 is 9.32 Å². The number of benzene rings is 2. The number of carbonyl (C=O) groups is 1. The minimum absolute atomic E-state index is 0.249. The molecule has 1 amide bonds. The smallest absolute Gasteiger partial charge is 0.293 e. The van der Waals surface area contributed by atoms with Crippen molar-refractivity contribution in [2.45, 2.75) is 0 Å². The van der Waals surface area contributed by atoms with Crippen molar-refractivity contribution in [3.05, 3.63) is 65.9 Å². The van der Waals surface area contributed by atoms with Gasteiger partial charge in [0, 0.05) is 18.1 Å². The molecule has 2 aromatic carbocycles. The molecule has 4 heteroatoms.